The van der Waals surface area contributed by atoms with Crippen LogP contribution in [0.15, 0.2) is 93.2 Å². The molecule has 1 aliphatic rings. The average molecular weight is 534 g/mol. The predicted octanol–water partition coefficient (Wildman–Crippen LogP) is 6.05. The number of nitrogens with one attached hydrogen (secondary N) is 2. The fourth-order valence-corrected chi connectivity index (χ4v) is 4.92. The molecule has 0 aliphatic carbocycles. The number of rotatable bonds is 8. The molecule has 37 heavy (non-hydrogen) atoms. The van der Waals surface area contributed by atoms with E-state index in [9.17, 15) is 14.9 Å². The summed E-state index contributed by atoms with van der Waals surface area (Å²) >= 11 is 7.32. The molecule has 7 nitrogen and oxygen atoms in total. The Bertz CT molecular complexity index is 1410. The maximum Gasteiger partial charge on any atom is 0.337 e. The van der Waals surface area contributed by atoms with E-state index < -0.39 is 11.9 Å². The van der Waals surface area contributed by atoms with E-state index in [1.54, 1.807) is 31.2 Å². The number of amides is 1. The van der Waals surface area contributed by atoms with E-state index in [0.29, 0.717) is 27.2 Å². The van der Waals surface area contributed by atoms with Crippen LogP contribution in [-0.2, 0) is 20.9 Å². The molecule has 2 N–H and O–H groups in total. The number of carbonyl (C=O) groups excluding carboxylic acids is 2. The van der Waals surface area contributed by atoms with Gasteiger partial charge in [-0.15, -0.1) is 0 Å². The molecule has 2 heterocycles. The number of halogens is 1. The monoisotopic (exact) mass is 533 g/mol. The number of aryl methyl sites for hydroxylation is 1. The maximum atomic E-state index is 13.2. The molecule has 188 valence electrons. The van der Waals surface area contributed by atoms with Crippen molar-refractivity contribution in [3.8, 4) is 6.07 Å². The van der Waals surface area contributed by atoms with Gasteiger partial charge in [-0.3, -0.25) is 4.79 Å². The average Bonchev–Trinajstić information content (AvgIpc) is 3.43. The highest BCUT2D eigenvalue weighted by Crippen LogP contribution is 2.41. The lowest BCUT2D eigenvalue weighted by Crippen LogP contribution is -2.29. The number of dihydropyridines is 1. The van der Waals surface area contributed by atoms with Crippen LogP contribution in [-0.4, -0.2) is 17.6 Å². The zero-order valence-corrected chi connectivity index (χ0v) is 21.8. The number of nitriles is 1. The lowest BCUT2D eigenvalue weighted by atomic mass is 9.86. The van der Waals surface area contributed by atoms with Gasteiger partial charge in [-0.05, 0) is 49.2 Å². The molecule has 9 heteroatoms. The van der Waals surface area contributed by atoms with Crippen LogP contribution in [0.1, 0.15) is 29.7 Å². The van der Waals surface area contributed by atoms with E-state index in [1.807, 2.05) is 43.3 Å². The molecule has 3 aromatic rings. The largest absolute Gasteiger partial charge is 0.468 e. The molecule has 1 amide bonds. The molecule has 4 rings (SSSR count). The Kier molecular flexibility index (Phi) is 8.39. The molecular weight excluding hydrogens is 510 g/mol. The number of furan rings is 1. The standard InChI is InChI=1S/C28H24ClN3O4S/c1-17-10-11-20(13-22(17)29)32-24(33)16-37-27-21(14-30)26(23-9-6-12-35-23)25(18(2)31-27)28(34)36-15-19-7-4-3-5-8-19/h3-13,26,31H,15-16H2,1-2H3,(H,32,33). The third kappa shape index (κ3) is 6.26. The van der Waals surface area contributed by atoms with Crippen molar-refractivity contribution in [1.82, 2.24) is 5.32 Å². The maximum absolute atomic E-state index is 13.2. The smallest absolute Gasteiger partial charge is 0.337 e. The normalized spacial score (nSPS) is 15.1. The first-order valence-corrected chi connectivity index (χ1v) is 12.8. The molecule has 0 fully saturated rings. The Hall–Kier alpha value is -3.93. The van der Waals surface area contributed by atoms with Crippen LogP contribution < -0.4 is 10.6 Å². The fourth-order valence-electron chi connectivity index (χ4n) is 3.84. The molecule has 0 saturated carbocycles. The first-order chi connectivity index (χ1) is 17.9. The van der Waals surface area contributed by atoms with Gasteiger partial charge in [0.2, 0.25) is 5.91 Å². The highest BCUT2D eigenvalue weighted by molar-refractivity contribution is 8.03. The first-order valence-electron chi connectivity index (χ1n) is 11.4. The van der Waals surface area contributed by atoms with Crippen molar-refractivity contribution >= 4 is 40.9 Å². The van der Waals surface area contributed by atoms with Crippen LogP contribution in [0.2, 0.25) is 5.02 Å². The number of esters is 1. The van der Waals surface area contributed by atoms with Gasteiger partial charge in [0.05, 0.1) is 40.2 Å². The number of hydrogen-bond acceptors (Lipinski definition) is 7. The number of hydrogen-bond donors (Lipinski definition) is 2. The van der Waals surface area contributed by atoms with Gasteiger partial charge in [-0.25, -0.2) is 4.79 Å². The molecule has 2 aromatic carbocycles. The van der Waals surface area contributed by atoms with E-state index in [1.165, 1.54) is 18.0 Å². The molecule has 0 bridgehead atoms. The topological polar surface area (TPSA) is 104 Å². The summed E-state index contributed by atoms with van der Waals surface area (Å²) in [7, 11) is 0. The number of thioether (sulfide) groups is 1. The third-order valence-electron chi connectivity index (χ3n) is 5.71. The summed E-state index contributed by atoms with van der Waals surface area (Å²) in [5.41, 5.74) is 3.41. The number of anilines is 1. The van der Waals surface area contributed by atoms with E-state index in [4.69, 9.17) is 20.8 Å². The molecule has 0 saturated heterocycles. The number of nitrogens with zero attached hydrogens (tertiary/aromatic N) is 1. The highest BCUT2D eigenvalue weighted by Gasteiger charge is 2.37. The lowest BCUT2D eigenvalue weighted by Gasteiger charge is -2.28. The van der Waals surface area contributed by atoms with Gasteiger partial charge in [-0.1, -0.05) is 59.8 Å². The highest BCUT2D eigenvalue weighted by atomic mass is 35.5. The van der Waals surface area contributed by atoms with Crippen molar-refractivity contribution in [1.29, 1.82) is 5.26 Å². The van der Waals surface area contributed by atoms with E-state index in [-0.39, 0.29) is 29.4 Å². The number of allylic oxidation sites excluding steroid dienone is 2. The van der Waals surface area contributed by atoms with E-state index >= 15 is 0 Å². The molecule has 0 radical (unpaired) electrons. The SMILES string of the molecule is CC1=C(C(=O)OCc2ccccc2)C(c2ccco2)C(C#N)=C(SCC(=O)Nc2ccc(C)c(Cl)c2)N1. The predicted molar refractivity (Wildman–Crippen MR) is 143 cm³/mol. The molecular formula is C28H24ClN3O4S. The minimum Gasteiger partial charge on any atom is -0.468 e. The Labute approximate surface area is 224 Å². The zero-order chi connectivity index (χ0) is 26.4. The molecule has 1 aromatic heterocycles. The molecule has 1 atom stereocenters. The third-order valence-corrected chi connectivity index (χ3v) is 7.14. The van der Waals surface area contributed by atoms with Crippen molar-refractivity contribution in [3.05, 3.63) is 111 Å². The Morgan fingerprint density at radius 2 is 1.95 bits per heavy atom. The summed E-state index contributed by atoms with van der Waals surface area (Å²) in [4.78, 5) is 25.8. The van der Waals surface area contributed by atoms with Crippen LogP contribution >= 0.6 is 23.4 Å². The molecule has 1 aliphatic heterocycles. The second-order valence-electron chi connectivity index (χ2n) is 8.33. The second kappa shape index (κ2) is 11.9. The van der Waals surface area contributed by atoms with Crippen LogP contribution in [0, 0.1) is 18.3 Å². The molecule has 0 spiro atoms. The zero-order valence-electron chi connectivity index (χ0n) is 20.2. The van der Waals surface area contributed by atoms with Gasteiger partial charge in [0.25, 0.3) is 0 Å². The van der Waals surface area contributed by atoms with Gasteiger partial charge < -0.3 is 19.8 Å². The van der Waals surface area contributed by atoms with E-state index in [2.05, 4.69) is 16.7 Å². The fraction of sp³-hybridized carbons (Fsp3) is 0.179. The van der Waals surface area contributed by atoms with E-state index in [0.717, 1.165) is 11.1 Å². The summed E-state index contributed by atoms with van der Waals surface area (Å²) in [5.74, 6) is -1.13. The van der Waals surface area contributed by atoms with Gasteiger partial charge in [-0.2, -0.15) is 5.26 Å². The van der Waals surface area contributed by atoms with Crippen molar-refractivity contribution in [2.75, 3.05) is 11.1 Å². The van der Waals surface area contributed by atoms with Gasteiger partial charge in [0, 0.05) is 16.4 Å². The molecule has 1 unspecified atom stereocenters. The van der Waals surface area contributed by atoms with Crippen LogP contribution in [0.25, 0.3) is 0 Å². The van der Waals surface area contributed by atoms with Crippen molar-refractivity contribution in [2.45, 2.75) is 26.4 Å². The van der Waals surface area contributed by atoms with Crippen molar-refractivity contribution < 1.29 is 18.7 Å². The van der Waals surface area contributed by atoms with Gasteiger partial charge >= 0.3 is 5.97 Å². The summed E-state index contributed by atoms with van der Waals surface area (Å²) < 4.78 is 11.2. The first kappa shape index (κ1) is 26.1. The van der Waals surface area contributed by atoms with Crippen LogP contribution in [0.3, 0.4) is 0 Å². The number of benzene rings is 2. The summed E-state index contributed by atoms with van der Waals surface area (Å²) in [6.45, 7) is 3.71. The Morgan fingerprint density at radius 3 is 2.62 bits per heavy atom. The van der Waals surface area contributed by atoms with Gasteiger partial charge in [0.15, 0.2) is 0 Å². The van der Waals surface area contributed by atoms with Crippen molar-refractivity contribution in [2.24, 2.45) is 0 Å². The minimum atomic E-state index is -0.772. The number of ether oxygens (including phenoxy) is 1. The Morgan fingerprint density at radius 1 is 1.16 bits per heavy atom. The minimum absolute atomic E-state index is 0.0327. The second-order valence-corrected chi connectivity index (χ2v) is 9.72. The lowest BCUT2D eigenvalue weighted by molar-refractivity contribution is -0.140. The van der Waals surface area contributed by atoms with Crippen molar-refractivity contribution in [3.63, 3.8) is 0 Å². The summed E-state index contributed by atoms with van der Waals surface area (Å²) in [5, 5.41) is 17.1. The number of carbonyl (C=O) groups is 2. The summed E-state index contributed by atoms with van der Waals surface area (Å²) in [6.07, 6.45) is 1.49. The Balaban J connectivity index is 1.53. The van der Waals surface area contributed by atoms with Crippen LogP contribution in [0.5, 0.6) is 0 Å². The summed E-state index contributed by atoms with van der Waals surface area (Å²) in [6, 6.07) is 20.2. The van der Waals surface area contributed by atoms with Crippen LogP contribution in [0.4, 0.5) is 5.69 Å². The quantitative estimate of drug-likeness (QED) is 0.339. The van der Waals surface area contributed by atoms with Gasteiger partial charge in [0.1, 0.15) is 12.4 Å².